The van der Waals surface area contributed by atoms with Gasteiger partial charge >= 0.3 is 0 Å². The summed E-state index contributed by atoms with van der Waals surface area (Å²) in [5.41, 5.74) is 3.85. The van der Waals surface area contributed by atoms with Crippen LogP contribution in [0.1, 0.15) is 49.2 Å². The molecule has 0 saturated carbocycles. The summed E-state index contributed by atoms with van der Waals surface area (Å²) in [4.78, 5) is 29.4. The highest BCUT2D eigenvalue weighted by Gasteiger charge is 2.28. The topological polar surface area (TPSA) is 85.1 Å². The van der Waals surface area contributed by atoms with Crippen LogP contribution in [0.5, 0.6) is 0 Å². The van der Waals surface area contributed by atoms with E-state index in [9.17, 15) is 9.59 Å². The molecule has 1 fully saturated rings. The molecule has 1 amide bonds. The van der Waals surface area contributed by atoms with Crippen molar-refractivity contribution in [1.29, 1.82) is 0 Å². The van der Waals surface area contributed by atoms with Crippen molar-refractivity contribution in [2.75, 3.05) is 13.1 Å². The smallest absolute Gasteiger partial charge is 0.278 e. The molecule has 2 aromatic carbocycles. The highest BCUT2D eigenvalue weighted by Crippen LogP contribution is 2.22. The number of nitrogens with one attached hydrogen (secondary N) is 1. The Morgan fingerprint density at radius 1 is 1.00 bits per heavy atom. The van der Waals surface area contributed by atoms with E-state index in [0.29, 0.717) is 23.0 Å². The Bertz CT molecular complexity index is 1440. The third kappa shape index (κ3) is 5.06. The van der Waals surface area contributed by atoms with Gasteiger partial charge in [-0.1, -0.05) is 55.5 Å². The first-order valence-electron chi connectivity index (χ1n) is 13.1. The second-order valence-corrected chi connectivity index (χ2v) is 9.86. The van der Waals surface area contributed by atoms with Crippen LogP contribution in [0.15, 0.2) is 65.5 Å². The summed E-state index contributed by atoms with van der Waals surface area (Å²) >= 11 is 0. The molecule has 1 N–H and O–H groups in total. The molecule has 1 aliphatic rings. The average Bonchev–Trinajstić information content (AvgIpc) is 3.27. The van der Waals surface area contributed by atoms with Crippen molar-refractivity contribution in [1.82, 2.24) is 29.8 Å². The first kappa shape index (κ1) is 24.9. The summed E-state index contributed by atoms with van der Waals surface area (Å²) < 4.78 is 3.14. The molecular formula is C29H34N6O2. The maximum atomic E-state index is 13.6. The number of benzene rings is 2. The van der Waals surface area contributed by atoms with E-state index in [1.165, 1.54) is 10.2 Å². The highest BCUT2D eigenvalue weighted by atomic mass is 16.2. The van der Waals surface area contributed by atoms with E-state index in [1.54, 1.807) is 4.68 Å². The number of likely N-dealkylation sites (tertiary alicyclic amines) is 1. The minimum Gasteiger partial charge on any atom is -0.351 e. The van der Waals surface area contributed by atoms with Crippen molar-refractivity contribution < 1.29 is 4.79 Å². The van der Waals surface area contributed by atoms with Gasteiger partial charge in [-0.25, -0.2) is 9.36 Å². The van der Waals surface area contributed by atoms with Crippen molar-refractivity contribution in [3.63, 3.8) is 0 Å². The lowest BCUT2D eigenvalue weighted by atomic mass is 10.0. The summed E-state index contributed by atoms with van der Waals surface area (Å²) in [6, 6.07) is 19.6. The maximum Gasteiger partial charge on any atom is 0.278 e. The van der Waals surface area contributed by atoms with Crippen molar-refractivity contribution in [3.05, 3.63) is 88.0 Å². The summed E-state index contributed by atoms with van der Waals surface area (Å²) in [7, 11) is 0. The van der Waals surface area contributed by atoms with Gasteiger partial charge in [-0.05, 0) is 50.8 Å². The molecule has 2 aromatic heterocycles. The number of nitrogens with zero attached hydrogens (tertiary/aromatic N) is 5. The van der Waals surface area contributed by atoms with Crippen LogP contribution < -0.4 is 10.9 Å². The summed E-state index contributed by atoms with van der Waals surface area (Å²) in [5, 5.41) is 13.0. The Hall–Kier alpha value is -3.78. The maximum absolute atomic E-state index is 13.6. The van der Waals surface area contributed by atoms with E-state index in [1.807, 2.05) is 57.2 Å². The number of rotatable bonds is 7. The van der Waals surface area contributed by atoms with E-state index < -0.39 is 6.04 Å². The van der Waals surface area contributed by atoms with Gasteiger partial charge in [-0.15, -0.1) is 0 Å². The van der Waals surface area contributed by atoms with Crippen molar-refractivity contribution in [2.45, 2.75) is 58.7 Å². The van der Waals surface area contributed by atoms with Gasteiger partial charge < -0.3 is 5.32 Å². The number of hydrogen-bond acceptors (Lipinski definition) is 5. The lowest BCUT2D eigenvalue weighted by molar-refractivity contribution is -0.125. The van der Waals surface area contributed by atoms with Crippen molar-refractivity contribution >= 4 is 16.8 Å². The normalized spacial score (nSPS) is 15.6. The Balaban J connectivity index is 1.33. The third-order valence-electron chi connectivity index (χ3n) is 7.31. The standard InChI is InChI=1S/C29H34N6O2/c1-4-25(28(36)30-23-15-17-33(18-16-23)19-22-11-7-5-8-12-22)35-29(37)26-21(3)34(24-13-9-6-10-14-24)32-27(26)20(2)31-35/h5-14,23,25H,4,15-19H2,1-3H3,(H,30,36)/t25-/m1/s1. The average molecular weight is 499 g/mol. The summed E-state index contributed by atoms with van der Waals surface area (Å²) in [6.45, 7) is 8.43. The largest absolute Gasteiger partial charge is 0.351 e. The molecule has 0 unspecified atom stereocenters. The molecule has 1 aliphatic heterocycles. The molecule has 8 heteroatoms. The quantitative estimate of drug-likeness (QED) is 0.417. The second-order valence-electron chi connectivity index (χ2n) is 9.86. The zero-order valence-corrected chi connectivity index (χ0v) is 21.7. The molecule has 3 heterocycles. The van der Waals surface area contributed by atoms with Crippen LogP contribution >= 0.6 is 0 Å². The van der Waals surface area contributed by atoms with Gasteiger partial charge in [0.2, 0.25) is 5.91 Å². The molecule has 0 bridgehead atoms. The van der Waals surface area contributed by atoms with E-state index in [0.717, 1.165) is 43.9 Å². The minimum absolute atomic E-state index is 0.0941. The molecule has 1 atom stereocenters. The zero-order valence-electron chi connectivity index (χ0n) is 21.7. The number of piperidine rings is 1. The number of carbonyl (C=O) groups excluding carboxylic acids is 1. The number of hydrogen-bond donors (Lipinski definition) is 1. The first-order valence-corrected chi connectivity index (χ1v) is 13.1. The Morgan fingerprint density at radius 2 is 1.65 bits per heavy atom. The van der Waals surface area contributed by atoms with Gasteiger partial charge in [0.15, 0.2) is 0 Å². The van der Waals surface area contributed by atoms with Crippen molar-refractivity contribution in [2.24, 2.45) is 0 Å². The molecule has 8 nitrogen and oxygen atoms in total. The summed E-state index contributed by atoms with van der Waals surface area (Å²) in [5.74, 6) is -0.148. The Kier molecular flexibility index (Phi) is 7.19. The van der Waals surface area contributed by atoms with E-state index >= 15 is 0 Å². The van der Waals surface area contributed by atoms with Gasteiger partial charge in [0, 0.05) is 25.7 Å². The first-order chi connectivity index (χ1) is 18.0. The molecule has 192 valence electrons. The minimum atomic E-state index is -0.669. The number of aryl methyl sites for hydroxylation is 2. The monoisotopic (exact) mass is 498 g/mol. The molecule has 1 saturated heterocycles. The molecule has 0 spiro atoms. The van der Waals surface area contributed by atoms with Crippen LogP contribution in [0.4, 0.5) is 0 Å². The number of fused-ring (bicyclic) bond motifs is 1. The van der Waals surface area contributed by atoms with Gasteiger partial charge in [0.05, 0.1) is 22.5 Å². The van der Waals surface area contributed by atoms with Crippen LogP contribution in [0, 0.1) is 13.8 Å². The molecule has 37 heavy (non-hydrogen) atoms. The van der Waals surface area contributed by atoms with Gasteiger partial charge in [-0.2, -0.15) is 10.2 Å². The van der Waals surface area contributed by atoms with Crippen LogP contribution in [0.25, 0.3) is 16.6 Å². The predicted molar refractivity (Wildman–Crippen MR) is 145 cm³/mol. The Labute approximate surface area is 216 Å². The number of para-hydroxylation sites is 1. The molecule has 0 aliphatic carbocycles. The SMILES string of the molecule is CC[C@H](C(=O)NC1CCN(Cc2ccccc2)CC1)n1nc(C)c2nn(-c3ccccc3)c(C)c2c1=O. The van der Waals surface area contributed by atoms with Crippen molar-refractivity contribution in [3.8, 4) is 5.69 Å². The number of amides is 1. The molecular weight excluding hydrogens is 464 g/mol. The second kappa shape index (κ2) is 10.7. The fourth-order valence-electron chi connectivity index (χ4n) is 5.26. The zero-order chi connectivity index (χ0) is 25.9. The molecule has 0 radical (unpaired) electrons. The van der Waals surface area contributed by atoms with Gasteiger partial charge in [0.25, 0.3) is 5.56 Å². The lowest BCUT2D eigenvalue weighted by Crippen LogP contribution is -2.47. The predicted octanol–water partition coefficient (Wildman–Crippen LogP) is 3.93. The highest BCUT2D eigenvalue weighted by molar-refractivity contribution is 5.84. The number of carbonyl (C=O) groups is 1. The van der Waals surface area contributed by atoms with Crippen LogP contribution in [-0.2, 0) is 11.3 Å². The van der Waals surface area contributed by atoms with Gasteiger partial charge in [-0.3, -0.25) is 14.5 Å². The van der Waals surface area contributed by atoms with Crippen LogP contribution in [0.3, 0.4) is 0 Å². The fraction of sp³-hybridized carbons (Fsp3) is 0.379. The fourth-order valence-corrected chi connectivity index (χ4v) is 5.26. The third-order valence-corrected chi connectivity index (χ3v) is 7.31. The van der Waals surface area contributed by atoms with Gasteiger partial charge in [0.1, 0.15) is 11.6 Å². The van der Waals surface area contributed by atoms with Crippen LogP contribution in [-0.4, -0.2) is 49.5 Å². The summed E-state index contributed by atoms with van der Waals surface area (Å²) in [6.07, 6.45) is 2.25. The van der Waals surface area contributed by atoms with E-state index in [4.69, 9.17) is 0 Å². The number of aromatic nitrogens is 4. The molecule has 4 aromatic rings. The van der Waals surface area contributed by atoms with Crippen LogP contribution in [0.2, 0.25) is 0 Å². The van der Waals surface area contributed by atoms with E-state index in [-0.39, 0.29) is 17.5 Å². The lowest BCUT2D eigenvalue weighted by Gasteiger charge is -2.33. The molecule has 5 rings (SSSR count). The van der Waals surface area contributed by atoms with E-state index in [2.05, 4.69) is 44.7 Å². The Morgan fingerprint density at radius 3 is 2.30 bits per heavy atom.